The summed E-state index contributed by atoms with van der Waals surface area (Å²) in [5, 5.41) is 20.5. The Hall–Kier alpha value is -4.49. The zero-order chi connectivity index (χ0) is 26.4. The van der Waals surface area contributed by atoms with Crippen molar-refractivity contribution in [3.8, 4) is 34.5 Å². The second-order valence-electron chi connectivity index (χ2n) is 7.52. The third-order valence-electron chi connectivity index (χ3n) is 4.84. The number of benzene rings is 1. The highest BCUT2D eigenvalue weighted by atomic mass is 32.2. The first-order valence-electron chi connectivity index (χ1n) is 10.9. The molecule has 37 heavy (non-hydrogen) atoms. The maximum atomic E-state index is 13.2. The van der Waals surface area contributed by atoms with Crippen molar-refractivity contribution >= 4 is 15.8 Å². The summed E-state index contributed by atoms with van der Waals surface area (Å²) in [5.74, 6) is -0.236. The molecule has 0 saturated heterocycles. The number of aryl methyl sites for hydroxylation is 1. The molecule has 0 aliphatic carbocycles. The lowest BCUT2D eigenvalue weighted by Crippen LogP contribution is -2.23. The van der Waals surface area contributed by atoms with Crippen LogP contribution in [0, 0.1) is 12.1 Å². The van der Waals surface area contributed by atoms with E-state index in [2.05, 4.69) is 19.7 Å². The molecule has 4 rings (SSSR count). The third kappa shape index (κ3) is 6.02. The van der Waals surface area contributed by atoms with Crippen LogP contribution in [0.2, 0.25) is 0 Å². The number of methoxy groups -OCH3 is 1. The van der Waals surface area contributed by atoms with Crippen LogP contribution >= 0.6 is 0 Å². The number of aromatic nitrogens is 4. The van der Waals surface area contributed by atoms with Gasteiger partial charge < -0.3 is 34.2 Å². The number of aliphatic hydroxyl groups excluding tert-OH is 1. The predicted molar refractivity (Wildman–Crippen MR) is 131 cm³/mol. The lowest BCUT2D eigenvalue weighted by molar-refractivity contribution is -0.605. The van der Waals surface area contributed by atoms with E-state index < -0.39 is 10.0 Å². The van der Waals surface area contributed by atoms with Gasteiger partial charge >= 0.3 is 0 Å². The Labute approximate surface area is 212 Å². The van der Waals surface area contributed by atoms with Crippen LogP contribution in [0.15, 0.2) is 72.1 Å². The number of hydrogen-bond donors (Lipinski definition) is 1. The Kier molecular flexibility index (Phi) is 7.65. The smallest absolute Gasteiger partial charge is 0.257 e. The molecule has 0 unspecified atom stereocenters. The van der Waals surface area contributed by atoms with E-state index in [1.54, 1.807) is 37.3 Å². The fourth-order valence-electron chi connectivity index (χ4n) is 3.08. The summed E-state index contributed by atoms with van der Waals surface area (Å²) < 4.78 is 47.7. The number of para-hydroxylation sites is 2. The van der Waals surface area contributed by atoms with Crippen molar-refractivity contribution < 1.29 is 32.5 Å². The van der Waals surface area contributed by atoms with Gasteiger partial charge in [0.05, 0.1) is 19.5 Å². The van der Waals surface area contributed by atoms with E-state index in [1.807, 2.05) is 0 Å². The highest BCUT2D eigenvalue weighted by Crippen LogP contribution is 2.45. The zero-order valence-corrected chi connectivity index (χ0v) is 20.6. The van der Waals surface area contributed by atoms with Gasteiger partial charge in [-0.2, -0.15) is 4.73 Å². The van der Waals surface area contributed by atoms with E-state index in [1.165, 1.54) is 43.9 Å². The van der Waals surface area contributed by atoms with Crippen LogP contribution in [0.4, 0.5) is 5.82 Å². The molecule has 1 aromatic carbocycles. The summed E-state index contributed by atoms with van der Waals surface area (Å²) in [4.78, 5) is 12.6. The molecular weight excluding hydrogens is 502 g/mol. The summed E-state index contributed by atoms with van der Waals surface area (Å²) in [6.07, 6.45) is 3.87. The third-order valence-corrected chi connectivity index (χ3v) is 6.03. The molecule has 0 amide bonds. The van der Waals surface area contributed by atoms with Crippen LogP contribution in [-0.4, -0.2) is 48.8 Å². The van der Waals surface area contributed by atoms with Crippen LogP contribution in [0.1, 0.15) is 5.56 Å². The maximum absolute atomic E-state index is 13.2. The standard InChI is InChI=1S/C24H22N5O7S/c1-16-7-8-20(25-15-16)37(32,33)28-23-21(36-19-6-4-3-5-18(19)34-2)24(35-14-13-30)27-22(26-23)17-9-11-29(31)12-10-17/h3-12,15,30H,13-14H2,1-2H3/q-1. The van der Waals surface area contributed by atoms with Gasteiger partial charge in [0, 0.05) is 29.7 Å². The average Bonchev–Trinajstić information content (AvgIpc) is 2.89. The fourth-order valence-corrected chi connectivity index (χ4v) is 3.95. The van der Waals surface area contributed by atoms with E-state index in [-0.39, 0.29) is 47.3 Å². The second-order valence-corrected chi connectivity index (χ2v) is 9.07. The highest BCUT2D eigenvalue weighted by molar-refractivity contribution is 7.94. The van der Waals surface area contributed by atoms with Gasteiger partial charge in [0.1, 0.15) is 6.61 Å². The fraction of sp³-hybridized carbons (Fsp3) is 0.167. The molecule has 13 heteroatoms. The molecule has 0 aliphatic rings. The molecule has 0 fully saturated rings. The number of nitrogens with zero attached hydrogens (tertiary/aromatic N) is 5. The SMILES string of the molecule is COc1ccccc1Oc1c([N-]S(=O)(=O)c2ccc(C)cn2)nc(-c2cc[n+]([O-])cc2)nc1OCCO. The van der Waals surface area contributed by atoms with Crippen molar-refractivity contribution in [1.29, 1.82) is 0 Å². The van der Waals surface area contributed by atoms with Crippen molar-refractivity contribution in [2.45, 2.75) is 11.9 Å². The van der Waals surface area contributed by atoms with Crippen molar-refractivity contribution in [3.05, 3.63) is 82.6 Å². The molecule has 12 nitrogen and oxygen atoms in total. The summed E-state index contributed by atoms with van der Waals surface area (Å²) in [5.41, 5.74) is 1.15. The maximum Gasteiger partial charge on any atom is 0.257 e. The van der Waals surface area contributed by atoms with Gasteiger partial charge in [0.2, 0.25) is 10.0 Å². The van der Waals surface area contributed by atoms with Crippen molar-refractivity contribution in [1.82, 2.24) is 15.0 Å². The van der Waals surface area contributed by atoms with E-state index in [4.69, 9.17) is 14.2 Å². The molecular formula is C24H22N5O7S-. The van der Waals surface area contributed by atoms with E-state index in [0.29, 0.717) is 16.0 Å². The van der Waals surface area contributed by atoms with Gasteiger partial charge in [-0.1, -0.05) is 18.2 Å². The molecule has 0 bridgehead atoms. The van der Waals surface area contributed by atoms with E-state index in [0.717, 1.165) is 5.56 Å². The van der Waals surface area contributed by atoms with Gasteiger partial charge in [-0.15, -0.1) is 0 Å². The number of sulfonamides is 1. The minimum absolute atomic E-state index is 0.00623. The Bertz CT molecular complexity index is 1480. The molecule has 3 heterocycles. The molecule has 192 valence electrons. The molecule has 3 aromatic heterocycles. The first kappa shape index (κ1) is 25.6. The van der Waals surface area contributed by atoms with Gasteiger partial charge in [0.15, 0.2) is 34.7 Å². The Balaban J connectivity index is 1.89. The number of ether oxygens (including phenoxy) is 3. The lowest BCUT2D eigenvalue weighted by atomic mass is 10.2. The number of rotatable bonds is 10. The number of hydrogen-bond acceptors (Lipinski definition) is 10. The normalized spacial score (nSPS) is 11.1. The van der Waals surface area contributed by atoms with Gasteiger partial charge in [-0.25, -0.2) is 18.4 Å². The average molecular weight is 525 g/mol. The quantitative estimate of drug-likeness (QED) is 0.241. The van der Waals surface area contributed by atoms with Crippen LogP contribution < -0.4 is 18.9 Å². The topological polar surface area (TPSA) is 162 Å². The van der Waals surface area contributed by atoms with E-state index in [9.17, 15) is 18.7 Å². The minimum atomic E-state index is -4.35. The summed E-state index contributed by atoms with van der Waals surface area (Å²) in [6, 6.07) is 12.4. The predicted octanol–water partition coefficient (Wildman–Crippen LogP) is 3.05. The van der Waals surface area contributed by atoms with E-state index >= 15 is 0 Å². The zero-order valence-electron chi connectivity index (χ0n) is 19.8. The molecule has 4 aromatic rings. The minimum Gasteiger partial charge on any atom is -0.619 e. The number of aliphatic hydroxyl groups is 1. The second kappa shape index (κ2) is 11.1. The molecule has 1 N–H and O–H groups in total. The molecule has 0 spiro atoms. The molecule has 0 radical (unpaired) electrons. The van der Waals surface area contributed by atoms with Crippen LogP contribution in [0.5, 0.6) is 23.1 Å². The largest absolute Gasteiger partial charge is 0.619 e. The number of pyridine rings is 2. The Morgan fingerprint density at radius 3 is 2.43 bits per heavy atom. The van der Waals surface area contributed by atoms with Gasteiger partial charge in [-0.05, 0) is 30.7 Å². The molecule has 0 aliphatic heterocycles. The molecule has 0 saturated carbocycles. The molecule has 0 atom stereocenters. The van der Waals surface area contributed by atoms with Crippen LogP contribution in [0.3, 0.4) is 0 Å². The van der Waals surface area contributed by atoms with Crippen molar-refractivity contribution in [2.24, 2.45) is 0 Å². The summed E-state index contributed by atoms with van der Waals surface area (Å²) >= 11 is 0. The Morgan fingerprint density at radius 1 is 1.05 bits per heavy atom. The van der Waals surface area contributed by atoms with Crippen molar-refractivity contribution in [3.63, 3.8) is 0 Å². The van der Waals surface area contributed by atoms with Gasteiger partial charge in [0.25, 0.3) is 5.88 Å². The highest BCUT2D eigenvalue weighted by Gasteiger charge is 2.20. The van der Waals surface area contributed by atoms with Crippen molar-refractivity contribution in [2.75, 3.05) is 20.3 Å². The monoisotopic (exact) mass is 524 g/mol. The van der Waals surface area contributed by atoms with Crippen LogP contribution in [0.25, 0.3) is 16.1 Å². The summed E-state index contributed by atoms with van der Waals surface area (Å²) in [7, 11) is -2.90. The first-order chi connectivity index (χ1) is 17.8. The van der Waals surface area contributed by atoms with Crippen LogP contribution in [-0.2, 0) is 10.0 Å². The lowest BCUT2D eigenvalue weighted by Gasteiger charge is -2.23. The van der Waals surface area contributed by atoms with Gasteiger partial charge in [-0.3, -0.25) is 0 Å². The first-order valence-corrected chi connectivity index (χ1v) is 12.3. The Morgan fingerprint density at radius 2 is 1.78 bits per heavy atom. The summed E-state index contributed by atoms with van der Waals surface area (Å²) in [6.45, 7) is 1.24.